The number of aromatic nitrogens is 1. The zero-order valence-electron chi connectivity index (χ0n) is 17.4. The maximum absolute atomic E-state index is 12.7. The van der Waals surface area contributed by atoms with E-state index in [-0.39, 0.29) is 11.7 Å². The number of hydrogen-bond donors (Lipinski definition) is 1. The number of amides is 1. The maximum atomic E-state index is 12.7. The van der Waals surface area contributed by atoms with Gasteiger partial charge in [-0.25, -0.2) is 12.7 Å². The second-order valence-corrected chi connectivity index (χ2v) is 10.4. The summed E-state index contributed by atoms with van der Waals surface area (Å²) >= 11 is 6.17. The average molecular weight is 450 g/mol. The van der Waals surface area contributed by atoms with Crippen molar-refractivity contribution in [1.29, 1.82) is 0 Å². The molecule has 1 aromatic heterocycles. The number of halogens is 1. The second-order valence-electron chi connectivity index (χ2n) is 7.88. The van der Waals surface area contributed by atoms with E-state index in [0.29, 0.717) is 49.5 Å². The molecule has 0 unspecified atom stereocenters. The maximum Gasteiger partial charge on any atom is 0.252 e. The van der Waals surface area contributed by atoms with Gasteiger partial charge in [0, 0.05) is 36.9 Å². The predicted octanol–water partition coefficient (Wildman–Crippen LogP) is 3.55. The van der Waals surface area contributed by atoms with Gasteiger partial charge >= 0.3 is 0 Å². The molecule has 1 fully saturated rings. The Bertz CT molecular complexity index is 1000. The number of sulfonamides is 1. The smallest absolute Gasteiger partial charge is 0.252 e. The molecule has 0 radical (unpaired) electrons. The van der Waals surface area contributed by atoms with Crippen molar-refractivity contribution in [2.45, 2.75) is 38.5 Å². The van der Waals surface area contributed by atoms with E-state index in [4.69, 9.17) is 11.6 Å². The first-order valence-corrected chi connectivity index (χ1v) is 12.2. The lowest BCUT2D eigenvalue weighted by atomic mass is 9.75. The molecular weight excluding hydrogens is 422 g/mol. The van der Waals surface area contributed by atoms with Crippen LogP contribution in [-0.4, -0.2) is 49.0 Å². The molecule has 162 valence electrons. The SMILES string of the molecule is CCCS(=O)(=O)N1CCC(CNC(=O)c2ccccc2Cl)(c2cc(C)ccn2)CC1. The van der Waals surface area contributed by atoms with Gasteiger partial charge in [-0.3, -0.25) is 9.78 Å². The monoisotopic (exact) mass is 449 g/mol. The van der Waals surface area contributed by atoms with Crippen molar-refractivity contribution in [2.75, 3.05) is 25.4 Å². The van der Waals surface area contributed by atoms with Crippen molar-refractivity contribution in [2.24, 2.45) is 0 Å². The van der Waals surface area contributed by atoms with Gasteiger partial charge in [0.15, 0.2) is 0 Å². The Morgan fingerprint density at radius 1 is 1.23 bits per heavy atom. The lowest BCUT2D eigenvalue weighted by Gasteiger charge is -2.41. The van der Waals surface area contributed by atoms with Crippen LogP contribution < -0.4 is 5.32 Å². The number of pyridine rings is 1. The Morgan fingerprint density at radius 2 is 1.93 bits per heavy atom. The first kappa shape index (κ1) is 22.7. The third-order valence-corrected chi connectivity index (χ3v) is 8.11. The van der Waals surface area contributed by atoms with Crippen molar-refractivity contribution in [1.82, 2.24) is 14.6 Å². The number of carbonyl (C=O) groups excluding carboxylic acids is 1. The zero-order chi connectivity index (χ0) is 21.8. The van der Waals surface area contributed by atoms with Crippen molar-refractivity contribution >= 4 is 27.5 Å². The van der Waals surface area contributed by atoms with Gasteiger partial charge in [0.05, 0.1) is 16.3 Å². The number of piperidine rings is 1. The number of hydrogen-bond acceptors (Lipinski definition) is 4. The minimum atomic E-state index is -3.25. The van der Waals surface area contributed by atoms with E-state index < -0.39 is 15.4 Å². The van der Waals surface area contributed by atoms with Gasteiger partial charge in [-0.2, -0.15) is 0 Å². The fraction of sp³-hybridized carbons (Fsp3) is 0.455. The summed E-state index contributed by atoms with van der Waals surface area (Å²) in [6, 6.07) is 10.9. The van der Waals surface area contributed by atoms with Gasteiger partial charge in [0.1, 0.15) is 0 Å². The molecule has 1 N–H and O–H groups in total. The van der Waals surface area contributed by atoms with E-state index in [0.717, 1.165) is 11.3 Å². The van der Waals surface area contributed by atoms with Crippen LogP contribution in [0, 0.1) is 6.92 Å². The highest BCUT2D eigenvalue weighted by Crippen LogP contribution is 2.35. The lowest BCUT2D eigenvalue weighted by molar-refractivity contribution is 0.0932. The van der Waals surface area contributed by atoms with Gasteiger partial charge in [-0.05, 0) is 56.0 Å². The number of nitrogens with one attached hydrogen (secondary N) is 1. The van der Waals surface area contributed by atoms with E-state index in [1.165, 1.54) is 0 Å². The van der Waals surface area contributed by atoms with Crippen molar-refractivity contribution in [3.8, 4) is 0 Å². The van der Waals surface area contributed by atoms with E-state index in [2.05, 4.69) is 10.3 Å². The van der Waals surface area contributed by atoms with E-state index in [1.54, 1.807) is 34.8 Å². The molecule has 3 rings (SSSR count). The quantitative estimate of drug-likeness (QED) is 0.701. The zero-order valence-corrected chi connectivity index (χ0v) is 19.0. The fourth-order valence-electron chi connectivity index (χ4n) is 3.92. The number of rotatable bonds is 7. The molecule has 1 aliphatic rings. The molecule has 0 aliphatic carbocycles. The molecule has 1 amide bonds. The number of carbonyl (C=O) groups is 1. The number of nitrogens with zero attached hydrogens (tertiary/aromatic N) is 2. The predicted molar refractivity (Wildman–Crippen MR) is 119 cm³/mol. The van der Waals surface area contributed by atoms with Crippen LogP contribution in [0.1, 0.15) is 47.8 Å². The molecule has 2 heterocycles. The Morgan fingerprint density at radius 3 is 2.57 bits per heavy atom. The summed E-state index contributed by atoms with van der Waals surface area (Å²) in [6.45, 7) is 5.07. The Labute approximate surface area is 183 Å². The van der Waals surface area contributed by atoms with Crippen LogP contribution in [0.15, 0.2) is 42.6 Å². The Balaban J connectivity index is 1.82. The molecular formula is C22H28ClN3O3S. The third kappa shape index (κ3) is 5.02. The molecule has 0 saturated carbocycles. The topological polar surface area (TPSA) is 79.4 Å². The van der Waals surface area contributed by atoms with E-state index in [1.807, 2.05) is 26.0 Å². The van der Waals surface area contributed by atoms with Gasteiger partial charge in [-0.15, -0.1) is 0 Å². The average Bonchev–Trinajstić information content (AvgIpc) is 2.72. The van der Waals surface area contributed by atoms with Gasteiger partial charge in [0.25, 0.3) is 5.91 Å². The summed E-state index contributed by atoms with van der Waals surface area (Å²) in [5.41, 5.74) is 1.96. The molecule has 1 aliphatic heterocycles. The summed E-state index contributed by atoms with van der Waals surface area (Å²) in [5.74, 6) is -0.0833. The highest BCUT2D eigenvalue weighted by Gasteiger charge is 2.40. The van der Waals surface area contributed by atoms with Crippen LogP contribution in [0.2, 0.25) is 5.02 Å². The summed E-state index contributed by atoms with van der Waals surface area (Å²) in [6.07, 6.45) is 3.55. The molecule has 2 aromatic rings. The summed E-state index contributed by atoms with van der Waals surface area (Å²) in [4.78, 5) is 17.3. The van der Waals surface area contributed by atoms with E-state index >= 15 is 0 Å². The fourth-order valence-corrected chi connectivity index (χ4v) is 5.65. The van der Waals surface area contributed by atoms with Gasteiger partial charge < -0.3 is 5.32 Å². The standard InChI is InChI=1S/C22H28ClN3O3S/c1-3-14-30(28,29)26-12-9-22(10-13-26,20-15-17(2)8-11-24-20)16-25-21(27)18-6-4-5-7-19(18)23/h4-8,11,15H,3,9-10,12-14,16H2,1-2H3,(H,25,27). The van der Waals surface area contributed by atoms with Gasteiger partial charge in [0.2, 0.25) is 10.0 Å². The third-order valence-electron chi connectivity index (χ3n) is 5.70. The van der Waals surface area contributed by atoms with Crippen LogP contribution in [0.4, 0.5) is 0 Å². The molecule has 1 saturated heterocycles. The Kier molecular flexibility index (Phi) is 7.16. The van der Waals surface area contributed by atoms with Crippen molar-refractivity contribution < 1.29 is 13.2 Å². The second kappa shape index (κ2) is 9.45. The molecule has 1 aromatic carbocycles. The highest BCUT2D eigenvalue weighted by atomic mass is 35.5. The minimum Gasteiger partial charge on any atom is -0.351 e. The molecule has 0 spiro atoms. The molecule has 6 nitrogen and oxygen atoms in total. The van der Waals surface area contributed by atoms with Crippen LogP contribution in [0.5, 0.6) is 0 Å². The number of benzene rings is 1. The first-order chi connectivity index (χ1) is 14.3. The van der Waals surface area contributed by atoms with Crippen LogP contribution in [-0.2, 0) is 15.4 Å². The van der Waals surface area contributed by atoms with Crippen molar-refractivity contribution in [3.05, 3.63) is 64.4 Å². The normalized spacial score (nSPS) is 16.9. The van der Waals surface area contributed by atoms with Gasteiger partial charge in [-0.1, -0.05) is 30.7 Å². The Hall–Kier alpha value is -1.96. The van der Waals surface area contributed by atoms with E-state index in [9.17, 15) is 13.2 Å². The molecule has 8 heteroatoms. The number of aryl methyl sites for hydroxylation is 1. The first-order valence-electron chi connectivity index (χ1n) is 10.2. The van der Waals surface area contributed by atoms with Crippen LogP contribution in [0.3, 0.4) is 0 Å². The summed E-state index contributed by atoms with van der Waals surface area (Å²) < 4.78 is 26.6. The summed E-state index contributed by atoms with van der Waals surface area (Å²) in [5, 5.41) is 3.42. The molecule has 0 atom stereocenters. The largest absolute Gasteiger partial charge is 0.351 e. The highest BCUT2D eigenvalue weighted by molar-refractivity contribution is 7.89. The summed E-state index contributed by atoms with van der Waals surface area (Å²) in [7, 11) is -3.25. The van der Waals surface area contributed by atoms with Crippen molar-refractivity contribution in [3.63, 3.8) is 0 Å². The van der Waals surface area contributed by atoms with Crippen LogP contribution in [0.25, 0.3) is 0 Å². The molecule has 30 heavy (non-hydrogen) atoms. The van der Waals surface area contributed by atoms with Crippen LogP contribution >= 0.6 is 11.6 Å². The lowest BCUT2D eigenvalue weighted by Crippen LogP contribution is -2.51. The molecule has 0 bridgehead atoms. The minimum absolute atomic E-state index is 0.159.